The van der Waals surface area contributed by atoms with Gasteiger partial charge in [-0.2, -0.15) is 4.98 Å². The monoisotopic (exact) mass is 572 g/mol. The summed E-state index contributed by atoms with van der Waals surface area (Å²) in [7, 11) is 4.87. The molecule has 0 atom stereocenters. The lowest BCUT2D eigenvalue weighted by Gasteiger charge is -2.36. The molecule has 0 unspecified atom stereocenters. The number of anilines is 1. The summed E-state index contributed by atoms with van der Waals surface area (Å²) in [6.45, 7) is 2.14. The van der Waals surface area contributed by atoms with E-state index < -0.39 is 5.82 Å². The lowest BCUT2D eigenvalue weighted by atomic mass is 9.95. The molecule has 4 aromatic rings. The quantitative estimate of drug-likeness (QED) is 0.171. The van der Waals surface area contributed by atoms with Gasteiger partial charge in [0.1, 0.15) is 24.8 Å². The van der Waals surface area contributed by atoms with Crippen LogP contribution in [0.25, 0.3) is 11.1 Å². The molecule has 3 aromatic carbocycles. The highest BCUT2D eigenvalue weighted by molar-refractivity contribution is 5.78. The van der Waals surface area contributed by atoms with E-state index >= 15 is 4.39 Å². The molecule has 0 N–H and O–H groups in total. The van der Waals surface area contributed by atoms with Crippen molar-refractivity contribution >= 4 is 5.69 Å². The SMILES string of the molecule is COc1cc(N2CCC(C(OC)OC)CC2)cc(F)c1-c1ccc(OCc2ccccc2)nc1OCc1ccccc1. The van der Waals surface area contributed by atoms with Crippen LogP contribution in [0.4, 0.5) is 10.1 Å². The Labute approximate surface area is 246 Å². The third kappa shape index (κ3) is 7.01. The summed E-state index contributed by atoms with van der Waals surface area (Å²) >= 11 is 0. The number of aromatic nitrogens is 1. The number of benzene rings is 3. The normalized spacial score (nSPS) is 13.8. The smallest absolute Gasteiger partial charge is 0.225 e. The predicted octanol–water partition coefficient (Wildman–Crippen LogP) is 6.89. The van der Waals surface area contributed by atoms with Crippen LogP contribution in [0.3, 0.4) is 0 Å². The zero-order valence-corrected chi connectivity index (χ0v) is 24.3. The van der Waals surface area contributed by atoms with Crippen LogP contribution in [0.2, 0.25) is 0 Å². The first-order valence-electron chi connectivity index (χ1n) is 14.1. The first kappa shape index (κ1) is 29.4. The van der Waals surface area contributed by atoms with Gasteiger partial charge < -0.3 is 28.6 Å². The minimum atomic E-state index is -0.414. The summed E-state index contributed by atoms with van der Waals surface area (Å²) in [5, 5.41) is 0. The third-order valence-corrected chi connectivity index (χ3v) is 7.56. The van der Waals surface area contributed by atoms with Crippen LogP contribution in [0.15, 0.2) is 84.9 Å². The van der Waals surface area contributed by atoms with Gasteiger partial charge in [-0.15, -0.1) is 0 Å². The van der Waals surface area contributed by atoms with E-state index in [-0.39, 0.29) is 18.8 Å². The first-order chi connectivity index (χ1) is 20.6. The summed E-state index contributed by atoms with van der Waals surface area (Å²) in [6.07, 6.45) is 1.52. The van der Waals surface area contributed by atoms with Crippen molar-refractivity contribution in [3.8, 4) is 28.6 Å². The van der Waals surface area contributed by atoms with E-state index in [2.05, 4.69) is 9.88 Å². The van der Waals surface area contributed by atoms with Crippen LogP contribution in [-0.2, 0) is 22.7 Å². The highest BCUT2D eigenvalue weighted by Gasteiger charge is 2.28. The van der Waals surface area contributed by atoms with Gasteiger partial charge in [0.15, 0.2) is 6.29 Å². The maximum atomic E-state index is 16.0. The van der Waals surface area contributed by atoms with Crippen LogP contribution in [0, 0.1) is 11.7 Å². The van der Waals surface area contributed by atoms with Crippen LogP contribution in [0.5, 0.6) is 17.5 Å². The number of hydrogen-bond donors (Lipinski definition) is 0. The Balaban J connectivity index is 1.42. The van der Waals surface area contributed by atoms with E-state index in [0.29, 0.717) is 35.3 Å². The minimum Gasteiger partial charge on any atom is -0.496 e. The van der Waals surface area contributed by atoms with Crippen molar-refractivity contribution in [2.24, 2.45) is 5.92 Å². The van der Waals surface area contributed by atoms with Gasteiger partial charge >= 0.3 is 0 Å². The fourth-order valence-electron chi connectivity index (χ4n) is 5.35. The van der Waals surface area contributed by atoms with Gasteiger partial charge in [0.25, 0.3) is 0 Å². The van der Waals surface area contributed by atoms with E-state index in [4.69, 9.17) is 23.7 Å². The Morgan fingerprint density at radius 3 is 2.02 bits per heavy atom. The van der Waals surface area contributed by atoms with E-state index in [1.54, 1.807) is 39.5 Å². The standard InChI is InChI=1S/C34H37FN2O5/c1-38-30-21-27(37-18-16-26(17-19-37)34(39-2)40-3)20-29(35)32(30)28-14-15-31(41-22-24-10-6-4-7-11-24)36-33(28)42-23-25-12-8-5-9-13-25/h4-15,20-21,26,34H,16-19,22-23H2,1-3H3. The van der Waals surface area contributed by atoms with Gasteiger partial charge in [-0.3, -0.25) is 0 Å². The average Bonchev–Trinajstić information content (AvgIpc) is 3.04. The van der Waals surface area contributed by atoms with Crippen molar-refractivity contribution in [3.63, 3.8) is 0 Å². The Morgan fingerprint density at radius 1 is 0.810 bits per heavy atom. The van der Waals surface area contributed by atoms with Crippen molar-refractivity contribution in [2.75, 3.05) is 39.3 Å². The number of ether oxygens (including phenoxy) is 5. The minimum absolute atomic E-state index is 0.234. The molecule has 5 rings (SSSR count). The number of rotatable bonds is 12. The first-order valence-corrected chi connectivity index (χ1v) is 14.1. The summed E-state index contributed by atoms with van der Waals surface area (Å²) in [4.78, 5) is 6.81. The predicted molar refractivity (Wildman–Crippen MR) is 160 cm³/mol. The Kier molecular flexibility index (Phi) is 9.90. The molecule has 1 saturated heterocycles. The maximum absolute atomic E-state index is 16.0. The van der Waals surface area contributed by atoms with Gasteiger partial charge in [0, 0.05) is 51.0 Å². The molecule has 0 saturated carbocycles. The highest BCUT2D eigenvalue weighted by Crippen LogP contribution is 2.42. The fourth-order valence-corrected chi connectivity index (χ4v) is 5.35. The molecule has 1 aromatic heterocycles. The Hall–Kier alpha value is -4.14. The maximum Gasteiger partial charge on any atom is 0.225 e. The van der Waals surface area contributed by atoms with Crippen molar-refractivity contribution in [1.82, 2.24) is 4.98 Å². The second-order valence-electron chi connectivity index (χ2n) is 10.2. The van der Waals surface area contributed by atoms with Gasteiger partial charge in [0.05, 0.1) is 18.2 Å². The third-order valence-electron chi connectivity index (χ3n) is 7.56. The number of halogens is 1. The van der Waals surface area contributed by atoms with Crippen LogP contribution >= 0.6 is 0 Å². The molecule has 1 fully saturated rings. The Bertz CT molecular complexity index is 1430. The van der Waals surface area contributed by atoms with Gasteiger partial charge in [-0.25, -0.2) is 4.39 Å². The summed E-state index contributed by atoms with van der Waals surface area (Å²) in [5.74, 6) is 0.932. The second kappa shape index (κ2) is 14.2. The van der Waals surface area contributed by atoms with Gasteiger partial charge in [0.2, 0.25) is 11.8 Å². The van der Waals surface area contributed by atoms with E-state index in [0.717, 1.165) is 42.7 Å². The van der Waals surface area contributed by atoms with E-state index in [1.807, 2.05) is 66.7 Å². The fraction of sp³-hybridized carbons (Fsp3) is 0.324. The highest BCUT2D eigenvalue weighted by atomic mass is 19.1. The van der Waals surface area contributed by atoms with E-state index in [1.165, 1.54) is 0 Å². The molecule has 8 heteroatoms. The van der Waals surface area contributed by atoms with Gasteiger partial charge in [-0.05, 0) is 36.1 Å². The summed E-state index contributed by atoms with van der Waals surface area (Å²) in [5.41, 5.74) is 3.53. The Morgan fingerprint density at radius 2 is 1.43 bits per heavy atom. The molecule has 0 bridgehead atoms. The van der Waals surface area contributed by atoms with Crippen molar-refractivity contribution in [3.05, 3.63) is 102 Å². The molecule has 42 heavy (non-hydrogen) atoms. The topological polar surface area (TPSA) is 62.3 Å². The van der Waals surface area contributed by atoms with Crippen LogP contribution in [-0.4, -0.2) is 45.7 Å². The second-order valence-corrected chi connectivity index (χ2v) is 10.2. The summed E-state index contributed by atoms with van der Waals surface area (Å²) in [6, 6.07) is 26.6. The number of pyridine rings is 1. The zero-order valence-electron chi connectivity index (χ0n) is 24.3. The molecule has 0 spiro atoms. The van der Waals surface area contributed by atoms with Crippen molar-refractivity contribution in [1.29, 1.82) is 0 Å². The lowest BCUT2D eigenvalue weighted by molar-refractivity contribution is -0.141. The molecule has 220 valence electrons. The number of piperidine rings is 1. The molecule has 1 aliphatic rings. The molecule has 0 radical (unpaired) electrons. The zero-order chi connectivity index (χ0) is 29.3. The van der Waals surface area contributed by atoms with Crippen LogP contribution in [0.1, 0.15) is 24.0 Å². The van der Waals surface area contributed by atoms with Crippen molar-refractivity contribution < 1.29 is 28.1 Å². The molecule has 0 aliphatic carbocycles. The lowest BCUT2D eigenvalue weighted by Crippen LogP contribution is -2.39. The summed E-state index contributed by atoms with van der Waals surface area (Å²) < 4.78 is 44.8. The van der Waals surface area contributed by atoms with Crippen LogP contribution < -0.4 is 19.1 Å². The molecule has 2 heterocycles. The molecule has 7 nitrogen and oxygen atoms in total. The van der Waals surface area contributed by atoms with E-state index in [9.17, 15) is 0 Å². The number of methoxy groups -OCH3 is 3. The average molecular weight is 573 g/mol. The molecular formula is C34H37FN2O5. The van der Waals surface area contributed by atoms with Gasteiger partial charge in [-0.1, -0.05) is 60.7 Å². The number of hydrogen-bond acceptors (Lipinski definition) is 7. The molecule has 1 aliphatic heterocycles. The number of nitrogens with zero attached hydrogens (tertiary/aromatic N) is 2. The molecular weight excluding hydrogens is 535 g/mol. The largest absolute Gasteiger partial charge is 0.496 e. The van der Waals surface area contributed by atoms with Crippen molar-refractivity contribution in [2.45, 2.75) is 32.3 Å². The molecule has 0 amide bonds.